The lowest BCUT2D eigenvalue weighted by Crippen LogP contribution is -2.57. The van der Waals surface area contributed by atoms with Crippen molar-refractivity contribution in [1.29, 1.82) is 0 Å². The van der Waals surface area contributed by atoms with E-state index in [1.807, 2.05) is 6.92 Å². The Balaban J connectivity index is 1.42. The molecule has 1 N–H and O–H groups in total. The minimum Gasteiger partial charge on any atom is -0.358 e. The second-order valence-electron chi connectivity index (χ2n) is 9.73. The van der Waals surface area contributed by atoms with Crippen molar-refractivity contribution >= 4 is 11.7 Å². The van der Waals surface area contributed by atoms with Gasteiger partial charge in [-0.2, -0.15) is 4.68 Å². The van der Waals surface area contributed by atoms with Gasteiger partial charge in [-0.15, -0.1) is 0 Å². The molecule has 7 nitrogen and oxygen atoms in total. The largest absolute Gasteiger partial charge is 0.390 e. The van der Waals surface area contributed by atoms with Crippen molar-refractivity contribution in [3.05, 3.63) is 21.9 Å². The third kappa shape index (κ3) is 3.44. The first-order chi connectivity index (χ1) is 13.3. The Labute approximate surface area is 166 Å². The van der Waals surface area contributed by atoms with E-state index in [2.05, 4.69) is 17.3 Å². The Morgan fingerprint density at radius 1 is 1.32 bits per heavy atom. The summed E-state index contributed by atoms with van der Waals surface area (Å²) in [6.45, 7) is 6.22. The summed E-state index contributed by atoms with van der Waals surface area (Å²) in [7, 11) is 0. The number of amides is 1. The van der Waals surface area contributed by atoms with Crippen LogP contribution in [-0.4, -0.2) is 26.7 Å². The lowest BCUT2D eigenvalue weighted by molar-refractivity contribution is -0.389. The third-order valence-corrected chi connectivity index (χ3v) is 7.60. The molecule has 5 rings (SSSR count). The lowest BCUT2D eigenvalue weighted by Gasteiger charge is -2.59. The third-order valence-electron chi connectivity index (χ3n) is 7.60. The van der Waals surface area contributed by atoms with E-state index in [-0.39, 0.29) is 23.7 Å². The molecule has 4 fully saturated rings. The number of nitrogens with zero attached hydrogens (tertiary/aromatic N) is 3. The molecular formula is C21H32N4O3. The van der Waals surface area contributed by atoms with Crippen LogP contribution < -0.4 is 5.32 Å². The fourth-order valence-corrected chi connectivity index (χ4v) is 6.72. The number of nitro groups is 1. The minimum atomic E-state index is -0.492. The first-order valence-corrected chi connectivity index (χ1v) is 10.8. The van der Waals surface area contributed by atoms with Gasteiger partial charge in [0.05, 0.1) is 29.3 Å². The zero-order valence-electron chi connectivity index (χ0n) is 17.2. The van der Waals surface area contributed by atoms with Gasteiger partial charge >= 0.3 is 5.82 Å². The maximum absolute atomic E-state index is 13.0. The predicted molar refractivity (Wildman–Crippen MR) is 106 cm³/mol. The number of nitrogens with one attached hydrogen (secondary N) is 1. The first-order valence-electron chi connectivity index (χ1n) is 10.8. The van der Waals surface area contributed by atoms with Gasteiger partial charge in [-0.1, -0.05) is 13.8 Å². The summed E-state index contributed by atoms with van der Waals surface area (Å²) in [4.78, 5) is 23.4. The Kier molecular flexibility index (Phi) is 4.96. The molecule has 0 radical (unpaired) electrons. The van der Waals surface area contributed by atoms with Crippen LogP contribution in [0.1, 0.15) is 64.5 Å². The van der Waals surface area contributed by atoms with Crippen molar-refractivity contribution in [1.82, 2.24) is 15.1 Å². The number of rotatable bonds is 7. The van der Waals surface area contributed by atoms with E-state index in [1.165, 1.54) is 44.6 Å². The van der Waals surface area contributed by atoms with E-state index in [4.69, 9.17) is 0 Å². The van der Waals surface area contributed by atoms with Crippen LogP contribution in [0.3, 0.4) is 0 Å². The van der Waals surface area contributed by atoms with Crippen LogP contribution in [0.15, 0.2) is 6.07 Å². The highest BCUT2D eigenvalue weighted by Crippen LogP contribution is 2.61. The van der Waals surface area contributed by atoms with Crippen LogP contribution in [0.25, 0.3) is 0 Å². The lowest BCUT2D eigenvalue weighted by atomic mass is 9.47. The van der Waals surface area contributed by atoms with Crippen LogP contribution in [0, 0.1) is 46.1 Å². The van der Waals surface area contributed by atoms with E-state index in [1.54, 1.807) is 11.6 Å². The van der Waals surface area contributed by atoms with Crippen molar-refractivity contribution in [2.45, 2.75) is 78.3 Å². The molecule has 4 bridgehead atoms. The van der Waals surface area contributed by atoms with Gasteiger partial charge in [0.15, 0.2) is 0 Å². The molecule has 1 aromatic heterocycles. The fraction of sp³-hybridized carbons (Fsp3) is 0.810. The number of carbonyl (C=O) groups excluding carboxylic acids is 1. The molecule has 154 valence electrons. The maximum Gasteiger partial charge on any atom is 0.390 e. The van der Waals surface area contributed by atoms with Crippen LogP contribution in [0.2, 0.25) is 0 Å². The SMILES string of the molecule is CCC(NC(=O)C(C)Cn1nc([N+](=O)[O-])cc1C)C12CC3CC(CC(C3)C1)C2. The molecule has 0 spiro atoms. The monoisotopic (exact) mass is 388 g/mol. The minimum absolute atomic E-state index is 0.0418. The van der Waals surface area contributed by atoms with Gasteiger partial charge < -0.3 is 15.4 Å². The van der Waals surface area contributed by atoms with E-state index in [9.17, 15) is 14.9 Å². The molecule has 1 amide bonds. The smallest absolute Gasteiger partial charge is 0.358 e. The summed E-state index contributed by atoms with van der Waals surface area (Å²) in [5.41, 5.74) is 0.999. The van der Waals surface area contributed by atoms with Gasteiger partial charge in [-0.05, 0) is 80.0 Å². The number of aromatic nitrogens is 2. The molecule has 28 heavy (non-hydrogen) atoms. The second-order valence-corrected chi connectivity index (χ2v) is 9.73. The second kappa shape index (κ2) is 7.16. The fourth-order valence-electron chi connectivity index (χ4n) is 6.72. The Bertz CT molecular complexity index is 736. The molecule has 1 aromatic rings. The molecule has 2 atom stereocenters. The summed E-state index contributed by atoms with van der Waals surface area (Å²) in [6, 6.07) is 1.69. The molecular weight excluding hydrogens is 356 g/mol. The van der Waals surface area contributed by atoms with E-state index in [0.717, 1.165) is 24.2 Å². The number of hydrogen-bond acceptors (Lipinski definition) is 4. The first kappa shape index (κ1) is 19.4. The molecule has 2 unspecified atom stereocenters. The van der Waals surface area contributed by atoms with E-state index >= 15 is 0 Å². The summed E-state index contributed by atoms with van der Waals surface area (Å²) in [5.74, 6) is 2.19. The standard InChI is InChI=1S/C21H32N4O3/c1-4-18(21-9-15-6-16(10-21)8-17(7-15)11-21)22-20(26)13(2)12-24-14(3)5-19(23-24)25(27)28/h5,13,15-18H,4,6-12H2,1-3H3,(H,22,26). The molecule has 4 aliphatic rings. The van der Waals surface area contributed by atoms with Crippen molar-refractivity contribution in [2.75, 3.05) is 0 Å². The predicted octanol–water partition coefficient (Wildman–Crippen LogP) is 3.85. The van der Waals surface area contributed by atoms with Crippen LogP contribution in [-0.2, 0) is 11.3 Å². The molecule has 0 saturated heterocycles. The number of hydrogen-bond donors (Lipinski definition) is 1. The van der Waals surface area contributed by atoms with Crippen molar-refractivity contribution in [2.24, 2.45) is 29.1 Å². The van der Waals surface area contributed by atoms with Crippen molar-refractivity contribution in [3.63, 3.8) is 0 Å². The van der Waals surface area contributed by atoms with Gasteiger partial charge in [-0.3, -0.25) is 4.79 Å². The average molecular weight is 389 g/mol. The summed E-state index contributed by atoms with van der Waals surface area (Å²) in [6.07, 6.45) is 8.99. The zero-order chi connectivity index (χ0) is 20.1. The van der Waals surface area contributed by atoms with Gasteiger partial charge in [0.2, 0.25) is 5.91 Å². The quantitative estimate of drug-likeness (QED) is 0.567. The zero-order valence-corrected chi connectivity index (χ0v) is 17.2. The normalized spacial score (nSPS) is 32.9. The molecule has 0 aliphatic heterocycles. The molecule has 4 aliphatic carbocycles. The highest BCUT2D eigenvalue weighted by Gasteiger charge is 2.54. The number of aryl methyl sites for hydroxylation is 1. The number of carbonyl (C=O) groups is 1. The van der Waals surface area contributed by atoms with Crippen molar-refractivity contribution in [3.8, 4) is 0 Å². The van der Waals surface area contributed by atoms with E-state index in [0.29, 0.717) is 17.7 Å². The van der Waals surface area contributed by atoms with Gasteiger partial charge in [0.25, 0.3) is 0 Å². The highest BCUT2D eigenvalue weighted by atomic mass is 16.6. The highest BCUT2D eigenvalue weighted by molar-refractivity contribution is 5.78. The maximum atomic E-state index is 13.0. The summed E-state index contributed by atoms with van der Waals surface area (Å²) < 4.78 is 1.58. The Morgan fingerprint density at radius 2 is 1.89 bits per heavy atom. The Hall–Kier alpha value is -1.92. The van der Waals surface area contributed by atoms with Gasteiger partial charge in [-0.25, -0.2) is 0 Å². The van der Waals surface area contributed by atoms with Crippen LogP contribution >= 0.6 is 0 Å². The molecule has 4 saturated carbocycles. The molecule has 0 aromatic carbocycles. The van der Waals surface area contributed by atoms with Crippen LogP contribution in [0.5, 0.6) is 0 Å². The van der Waals surface area contributed by atoms with Crippen LogP contribution in [0.4, 0.5) is 5.82 Å². The van der Waals surface area contributed by atoms with Crippen molar-refractivity contribution < 1.29 is 9.72 Å². The summed E-state index contributed by atoms with van der Waals surface area (Å²) >= 11 is 0. The summed E-state index contributed by atoms with van der Waals surface area (Å²) in [5, 5.41) is 18.3. The molecule has 1 heterocycles. The van der Waals surface area contributed by atoms with Gasteiger partial charge in [0.1, 0.15) is 0 Å². The van der Waals surface area contributed by atoms with Gasteiger partial charge in [0, 0.05) is 6.04 Å². The van der Waals surface area contributed by atoms with E-state index < -0.39 is 4.92 Å². The average Bonchev–Trinajstić information content (AvgIpc) is 2.99. The topological polar surface area (TPSA) is 90.1 Å². The molecule has 7 heteroatoms. The Morgan fingerprint density at radius 3 is 2.36 bits per heavy atom.